The number of hydrogen-bond donors (Lipinski definition) is 1. The van der Waals surface area contributed by atoms with Gasteiger partial charge in [0.15, 0.2) is 0 Å². The van der Waals surface area contributed by atoms with Gasteiger partial charge in [-0.2, -0.15) is 0 Å². The molecule has 0 aliphatic heterocycles. The van der Waals surface area contributed by atoms with E-state index in [1.807, 2.05) is 0 Å². The largest absolute Gasteiger partial charge is 0.475 e. The van der Waals surface area contributed by atoms with Crippen LogP contribution in [0.25, 0.3) is 0 Å². The maximum absolute atomic E-state index is 11.7. The van der Waals surface area contributed by atoms with Gasteiger partial charge in [-0.25, -0.2) is 4.79 Å². The smallest absolute Gasteiger partial charge is 0.377 e. The highest BCUT2D eigenvalue weighted by Crippen LogP contribution is 2.24. The summed E-state index contributed by atoms with van der Waals surface area (Å²) < 4.78 is 0. The molecule has 0 heterocycles. The molecule has 1 saturated carbocycles. The predicted octanol–water partition coefficient (Wildman–Crippen LogP) is 3.04. The average molecular weight is 346 g/mol. The van der Waals surface area contributed by atoms with Crippen molar-refractivity contribution in [2.24, 2.45) is 16.2 Å². The first kappa shape index (κ1) is 18.6. The van der Waals surface area contributed by atoms with Gasteiger partial charge < -0.3 is 14.8 Å². The number of carbonyl (C=O) groups excluding carboxylic acids is 1. The van der Waals surface area contributed by atoms with E-state index in [1.54, 1.807) is 18.2 Å². The summed E-state index contributed by atoms with van der Waals surface area (Å²) >= 11 is 0. The van der Waals surface area contributed by atoms with Crippen LogP contribution in [0, 0.1) is 5.92 Å². The van der Waals surface area contributed by atoms with Crippen molar-refractivity contribution in [2.45, 2.75) is 38.7 Å². The molecule has 0 atom stereocenters. The number of carboxylic acid groups (broad SMARTS) is 1. The molecule has 0 amide bonds. The van der Waals surface area contributed by atoms with Gasteiger partial charge in [-0.3, -0.25) is 4.79 Å². The quantitative estimate of drug-likeness (QED) is 0.338. The Morgan fingerprint density at radius 3 is 2.64 bits per heavy atom. The van der Waals surface area contributed by atoms with Crippen molar-refractivity contribution >= 4 is 23.7 Å². The van der Waals surface area contributed by atoms with E-state index in [2.05, 4.69) is 10.3 Å². The number of carboxylic acids is 1. The molecular formula is C18H22N2O5. The van der Waals surface area contributed by atoms with E-state index in [1.165, 1.54) is 25.8 Å². The number of aliphatic carboxylic acids is 1. The minimum absolute atomic E-state index is 0.00335. The number of carbonyl (C=O) groups is 2. The van der Waals surface area contributed by atoms with Crippen molar-refractivity contribution in [1.29, 1.82) is 0 Å². The summed E-state index contributed by atoms with van der Waals surface area (Å²) in [6.45, 7) is -0.00335. The molecule has 1 aromatic carbocycles. The van der Waals surface area contributed by atoms with Crippen molar-refractivity contribution in [2.75, 3.05) is 7.11 Å². The molecule has 0 saturated heterocycles. The van der Waals surface area contributed by atoms with Crippen LogP contribution in [0.1, 0.15) is 48.0 Å². The monoisotopic (exact) mass is 346 g/mol. The molecule has 0 radical (unpaired) electrons. The van der Waals surface area contributed by atoms with Crippen LogP contribution in [0.2, 0.25) is 0 Å². The first-order chi connectivity index (χ1) is 12.1. The highest BCUT2D eigenvalue weighted by atomic mass is 16.6. The second-order valence-electron chi connectivity index (χ2n) is 5.83. The van der Waals surface area contributed by atoms with Crippen LogP contribution in [0.15, 0.2) is 34.6 Å². The molecule has 0 aromatic heterocycles. The van der Waals surface area contributed by atoms with E-state index in [-0.39, 0.29) is 12.2 Å². The van der Waals surface area contributed by atoms with Gasteiger partial charge >= 0.3 is 5.97 Å². The summed E-state index contributed by atoms with van der Waals surface area (Å²) in [5.41, 5.74) is 1.30. The lowest BCUT2D eigenvalue weighted by Gasteiger charge is -2.20. The Hall–Kier alpha value is -2.70. The molecule has 0 unspecified atom stereocenters. The normalized spacial score (nSPS) is 16.0. The van der Waals surface area contributed by atoms with Crippen LogP contribution in [0.3, 0.4) is 0 Å². The summed E-state index contributed by atoms with van der Waals surface area (Å²) in [5, 5.41) is 16.8. The third-order valence-corrected chi connectivity index (χ3v) is 4.16. The van der Waals surface area contributed by atoms with Gasteiger partial charge in [-0.1, -0.05) is 53.8 Å². The molecule has 1 aromatic rings. The van der Waals surface area contributed by atoms with Crippen LogP contribution in [-0.2, 0) is 21.1 Å². The van der Waals surface area contributed by atoms with E-state index >= 15 is 0 Å². The Kier molecular flexibility index (Phi) is 7.13. The van der Waals surface area contributed by atoms with Gasteiger partial charge in [0.25, 0.3) is 5.78 Å². The Bertz CT molecular complexity index is 663. The summed E-state index contributed by atoms with van der Waals surface area (Å²) in [5.74, 6) is -2.16. The topological polar surface area (TPSA) is 97.6 Å². The molecule has 1 N–H and O–H groups in total. The summed E-state index contributed by atoms with van der Waals surface area (Å²) in [4.78, 5) is 32.7. The molecule has 1 fully saturated rings. The molecule has 7 heteroatoms. The summed E-state index contributed by atoms with van der Waals surface area (Å²) in [6, 6.07) is 6.41. The fourth-order valence-corrected chi connectivity index (χ4v) is 2.89. The second-order valence-corrected chi connectivity index (χ2v) is 5.83. The third-order valence-electron chi connectivity index (χ3n) is 4.16. The number of nitrogens with zero attached hydrogens (tertiary/aromatic N) is 2. The van der Waals surface area contributed by atoms with E-state index in [0.717, 1.165) is 31.4 Å². The van der Waals surface area contributed by atoms with Gasteiger partial charge in [-0.15, -0.1) is 0 Å². The Balaban J connectivity index is 1.99. The van der Waals surface area contributed by atoms with Crippen molar-refractivity contribution in [3.8, 4) is 0 Å². The maximum atomic E-state index is 11.7. The molecular weight excluding hydrogens is 324 g/mol. The van der Waals surface area contributed by atoms with Crippen LogP contribution in [0.5, 0.6) is 0 Å². The van der Waals surface area contributed by atoms with Crippen LogP contribution in [-0.4, -0.2) is 35.9 Å². The molecule has 134 valence electrons. The molecule has 25 heavy (non-hydrogen) atoms. The Morgan fingerprint density at radius 2 is 1.96 bits per heavy atom. The minimum atomic E-state index is -1.50. The second kappa shape index (κ2) is 9.56. The molecule has 0 bridgehead atoms. The number of rotatable bonds is 8. The third kappa shape index (κ3) is 5.41. The standard InChI is InChI=1S/C18H22N2O5/c1-24-20-16(13-7-3-2-4-8-13)11-19-25-12-14-9-5-6-10-15(14)17(21)18(22)23/h5-6,9-11,13H,2-4,7-8,12H2,1H3,(H,22,23)/b19-11?,20-16-. The lowest BCUT2D eigenvalue weighted by atomic mass is 9.86. The Labute approximate surface area is 146 Å². The van der Waals surface area contributed by atoms with Crippen molar-refractivity contribution < 1.29 is 24.4 Å². The highest BCUT2D eigenvalue weighted by molar-refractivity contribution is 6.40. The van der Waals surface area contributed by atoms with Crippen molar-refractivity contribution in [1.82, 2.24) is 0 Å². The summed E-state index contributed by atoms with van der Waals surface area (Å²) in [6.07, 6.45) is 7.17. The van der Waals surface area contributed by atoms with Crippen molar-refractivity contribution in [3.05, 3.63) is 35.4 Å². The first-order valence-electron chi connectivity index (χ1n) is 8.25. The molecule has 0 spiro atoms. The fraction of sp³-hybridized carbons (Fsp3) is 0.444. The summed E-state index contributed by atoms with van der Waals surface area (Å²) in [7, 11) is 1.49. The van der Waals surface area contributed by atoms with E-state index in [9.17, 15) is 9.59 Å². The molecule has 2 rings (SSSR count). The van der Waals surface area contributed by atoms with Gasteiger partial charge in [0, 0.05) is 17.0 Å². The van der Waals surface area contributed by atoms with Crippen LogP contribution in [0.4, 0.5) is 0 Å². The van der Waals surface area contributed by atoms with Crippen molar-refractivity contribution in [3.63, 3.8) is 0 Å². The Morgan fingerprint density at radius 1 is 1.24 bits per heavy atom. The van der Waals surface area contributed by atoms with Gasteiger partial charge in [0.05, 0.1) is 6.21 Å². The van der Waals surface area contributed by atoms with Gasteiger partial charge in [0.1, 0.15) is 19.4 Å². The first-order valence-corrected chi connectivity index (χ1v) is 8.25. The maximum Gasteiger partial charge on any atom is 0.377 e. The van der Waals surface area contributed by atoms with Crippen LogP contribution >= 0.6 is 0 Å². The van der Waals surface area contributed by atoms with Gasteiger partial charge in [0.2, 0.25) is 0 Å². The van der Waals surface area contributed by atoms with Crippen LogP contribution < -0.4 is 0 Å². The van der Waals surface area contributed by atoms with Gasteiger partial charge in [-0.05, 0) is 12.8 Å². The molecule has 1 aliphatic rings. The zero-order chi connectivity index (χ0) is 18.1. The zero-order valence-corrected chi connectivity index (χ0v) is 14.2. The number of Topliss-reactive ketones (excluding diaryl/α,β-unsaturated/α-hetero) is 1. The fourth-order valence-electron chi connectivity index (χ4n) is 2.89. The SMILES string of the molecule is CO/N=C(/C=NOCc1ccccc1C(=O)C(=O)O)C1CCCCC1. The highest BCUT2D eigenvalue weighted by Gasteiger charge is 2.20. The number of oxime groups is 2. The average Bonchev–Trinajstić information content (AvgIpc) is 2.64. The lowest BCUT2D eigenvalue weighted by molar-refractivity contribution is -0.131. The number of ketones is 1. The predicted molar refractivity (Wildman–Crippen MR) is 92.7 cm³/mol. The molecule has 7 nitrogen and oxygen atoms in total. The number of benzene rings is 1. The van der Waals surface area contributed by atoms with E-state index < -0.39 is 11.8 Å². The minimum Gasteiger partial charge on any atom is -0.475 e. The zero-order valence-electron chi connectivity index (χ0n) is 14.2. The molecule has 1 aliphatic carbocycles. The van der Waals surface area contributed by atoms with E-state index in [0.29, 0.717) is 11.5 Å². The lowest BCUT2D eigenvalue weighted by Crippen LogP contribution is -2.19. The number of hydrogen-bond acceptors (Lipinski definition) is 6. The van der Waals surface area contributed by atoms with E-state index in [4.69, 9.17) is 14.8 Å².